The Labute approximate surface area is 113 Å². The van der Waals surface area contributed by atoms with Crippen LogP contribution in [0.25, 0.3) is 0 Å². The van der Waals surface area contributed by atoms with Crippen LogP contribution in [0.4, 0.5) is 14.5 Å². The van der Waals surface area contributed by atoms with Gasteiger partial charge in [-0.1, -0.05) is 23.7 Å². The summed E-state index contributed by atoms with van der Waals surface area (Å²) in [4.78, 5) is 11.2. The lowest BCUT2D eigenvalue weighted by Crippen LogP contribution is -2.13. The van der Waals surface area contributed by atoms with Crippen molar-refractivity contribution in [3.63, 3.8) is 0 Å². The summed E-state index contributed by atoms with van der Waals surface area (Å²) in [5, 5.41) is 3.06. The van der Waals surface area contributed by atoms with Crippen molar-refractivity contribution in [2.24, 2.45) is 5.10 Å². The Morgan fingerprint density at radius 1 is 1.47 bits per heavy atom. The minimum Gasteiger partial charge on any atom is -0.461 e. The van der Waals surface area contributed by atoms with E-state index in [4.69, 9.17) is 11.6 Å². The third-order valence-electron chi connectivity index (χ3n) is 1.82. The second-order valence-electron chi connectivity index (χ2n) is 3.11. The van der Waals surface area contributed by atoms with Gasteiger partial charge in [0.15, 0.2) is 5.75 Å². The number of nitrogens with zero attached hydrogens (tertiary/aromatic N) is 1. The van der Waals surface area contributed by atoms with Crippen LogP contribution in [0.1, 0.15) is 6.92 Å². The first-order chi connectivity index (χ1) is 9.04. The molecule has 0 radical (unpaired) electrons. The molecule has 1 rings (SSSR count). The highest BCUT2D eigenvalue weighted by Gasteiger charge is 2.11. The Bertz CT molecular complexity index is 469. The standard InChI is InChI=1S/C11H11ClF2N2O3/c1-2-18-10(17)9(12)16-15-7-5-3-4-6-8(7)19-11(13)14/h3-6,11,15H,2H2,1H3. The molecule has 0 amide bonds. The number of hydrogen-bond acceptors (Lipinski definition) is 5. The molecular weight excluding hydrogens is 282 g/mol. The first-order valence-corrected chi connectivity index (χ1v) is 5.62. The summed E-state index contributed by atoms with van der Waals surface area (Å²) in [5.74, 6) is -0.932. The third-order valence-corrected chi connectivity index (χ3v) is 2.06. The smallest absolute Gasteiger partial charge is 0.387 e. The predicted octanol–water partition coefficient (Wildman–Crippen LogP) is 2.82. The van der Waals surface area contributed by atoms with Gasteiger partial charge < -0.3 is 9.47 Å². The van der Waals surface area contributed by atoms with Gasteiger partial charge in [-0.2, -0.15) is 13.9 Å². The predicted molar refractivity (Wildman–Crippen MR) is 66.6 cm³/mol. The highest BCUT2D eigenvalue weighted by molar-refractivity contribution is 6.82. The summed E-state index contributed by atoms with van der Waals surface area (Å²) >= 11 is 5.54. The molecule has 5 nitrogen and oxygen atoms in total. The molecule has 1 aromatic carbocycles. The van der Waals surface area contributed by atoms with Crippen molar-refractivity contribution < 1.29 is 23.0 Å². The lowest BCUT2D eigenvalue weighted by atomic mass is 10.3. The van der Waals surface area contributed by atoms with Gasteiger partial charge >= 0.3 is 12.6 Å². The fourth-order valence-corrected chi connectivity index (χ4v) is 1.20. The van der Waals surface area contributed by atoms with Crippen LogP contribution in [0.5, 0.6) is 5.75 Å². The van der Waals surface area contributed by atoms with Gasteiger partial charge in [-0.15, -0.1) is 0 Å². The van der Waals surface area contributed by atoms with Gasteiger partial charge in [-0.25, -0.2) is 4.79 Å². The highest BCUT2D eigenvalue weighted by atomic mass is 35.5. The zero-order valence-electron chi connectivity index (χ0n) is 9.90. The number of halogens is 3. The number of anilines is 1. The molecule has 0 atom stereocenters. The second kappa shape index (κ2) is 7.52. The molecule has 19 heavy (non-hydrogen) atoms. The topological polar surface area (TPSA) is 59.9 Å². The molecule has 0 saturated carbocycles. The van der Waals surface area contributed by atoms with Crippen molar-refractivity contribution in [3.8, 4) is 5.75 Å². The number of carbonyl (C=O) groups is 1. The summed E-state index contributed by atoms with van der Waals surface area (Å²) in [6, 6.07) is 5.85. The van der Waals surface area contributed by atoms with E-state index in [1.54, 1.807) is 13.0 Å². The Morgan fingerprint density at radius 2 is 2.16 bits per heavy atom. The van der Waals surface area contributed by atoms with Crippen molar-refractivity contribution >= 4 is 28.4 Å². The van der Waals surface area contributed by atoms with Gasteiger partial charge in [0.05, 0.1) is 12.3 Å². The summed E-state index contributed by atoms with van der Waals surface area (Å²) in [6.45, 7) is -1.20. The van der Waals surface area contributed by atoms with E-state index in [1.165, 1.54) is 18.2 Å². The van der Waals surface area contributed by atoms with E-state index in [0.29, 0.717) is 0 Å². The minimum absolute atomic E-state index is 0.116. The number of benzene rings is 1. The molecular formula is C11H11ClF2N2O3. The average Bonchev–Trinajstić information content (AvgIpc) is 2.37. The van der Waals surface area contributed by atoms with Crippen LogP contribution in [-0.2, 0) is 9.53 Å². The molecule has 0 saturated heterocycles. The van der Waals surface area contributed by atoms with E-state index >= 15 is 0 Å². The van der Waals surface area contributed by atoms with E-state index in [0.717, 1.165) is 0 Å². The number of ether oxygens (including phenoxy) is 2. The van der Waals surface area contributed by atoms with Crippen molar-refractivity contribution in [2.75, 3.05) is 12.0 Å². The van der Waals surface area contributed by atoms with Crippen molar-refractivity contribution in [3.05, 3.63) is 24.3 Å². The molecule has 1 aromatic rings. The first kappa shape index (κ1) is 15.2. The summed E-state index contributed by atoms with van der Waals surface area (Å²) in [5.41, 5.74) is 2.50. The summed E-state index contributed by atoms with van der Waals surface area (Å²) in [6.07, 6.45) is 0. The quantitative estimate of drug-likeness (QED) is 0.497. The maximum absolute atomic E-state index is 12.1. The maximum atomic E-state index is 12.1. The van der Waals surface area contributed by atoms with Crippen LogP contribution >= 0.6 is 11.6 Å². The average molecular weight is 293 g/mol. The van der Waals surface area contributed by atoms with Crippen LogP contribution in [0.15, 0.2) is 29.4 Å². The second-order valence-corrected chi connectivity index (χ2v) is 3.47. The number of esters is 1. The monoisotopic (exact) mass is 292 g/mol. The highest BCUT2D eigenvalue weighted by Crippen LogP contribution is 2.25. The van der Waals surface area contributed by atoms with E-state index in [2.05, 4.69) is 20.0 Å². The molecule has 1 N–H and O–H groups in total. The van der Waals surface area contributed by atoms with Crippen LogP contribution in [0.3, 0.4) is 0 Å². The molecule has 0 unspecified atom stereocenters. The van der Waals surface area contributed by atoms with Crippen LogP contribution in [0, 0.1) is 0 Å². The molecule has 0 aliphatic rings. The van der Waals surface area contributed by atoms with Gasteiger partial charge in [-0.05, 0) is 19.1 Å². The van der Waals surface area contributed by atoms with E-state index in [9.17, 15) is 13.6 Å². The molecule has 0 bridgehead atoms. The zero-order valence-corrected chi connectivity index (χ0v) is 10.7. The fraction of sp³-hybridized carbons (Fsp3) is 0.273. The number of carbonyl (C=O) groups excluding carboxylic acids is 1. The summed E-state index contributed by atoms with van der Waals surface area (Å²) < 4.78 is 33.1. The fourth-order valence-electron chi connectivity index (χ4n) is 1.10. The van der Waals surface area contributed by atoms with Crippen LogP contribution in [-0.4, -0.2) is 24.4 Å². The normalized spacial score (nSPS) is 11.3. The van der Waals surface area contributed by atoms with Crippen LogP contribution in [0.2, 0.25) is 0 Å². The maximum Gasteiger partial charge on any atom is 0.387 e. The van der Waals surface area contributed by atoms with Gasteiger partial charge in [-0.3, -0.25) is 5.43 Å². The number of hydrazone groups is 1. The Hall–Kier alpha value is -1.89. The molecule has 8 heteroatoms. The van der Waals surface area contributed by atoms with Crippen LogP contribution < -0.4 is 10.2 Å². The molecule has 0 aromatic heterocycles. The van der Waals surface area contributed by atoms with E-state index < -0.39 is 17.8 Å². The van der Waals surface area contributed by atoms with Gasteiger partial charge in [0, 0.05) is 0 Å². The number of alkyl halides is 2. The Balaban J connectivity index is 2.76. The molecule has 0 heterocycles. The SMILES string of the molecule is CCOC(=O)C(Cl)=NNc1ccccc1OC(F)F. The molecule has 104 valence electrons. The lowest BCUT2D eigenvalue weighted by molar-refractivity contribution is -0.134. The molecule has 0 aliphatic carbocycles. The number of nitrogens with one attached hydrogen (secondary N) is 1. The molecule has 0 spiro atoms. The number of para-hydroxylation sites is 2. The largest absolute Gasteiger partial charge is 0.461 e. The Morgan fingerprint density at radius 3 is 2.79 bits per heavy atom. The van der Waals surface area contributed by atoms with Crippen molar-refractivity contribution in [1.82, 2.24) is 0 Å². The van der Waals surface area contributed by atoms with Crippen molar-refractivity contribution in [2.45, 2.75) is 13.5 Å². The lowest BCUT2D eigenvalue weighted by Gasteiger charge is -2.09. The van der Waals surface area contributed by atoms with Gasteiger partial charge in [0.2, 0.25) is 5.17 Å². The summed E-state index contributed by atoms with van der Waals surface area (Å²) in [7, 11) is 0. The number of hydrogen-bond donors (Lipinski definition) is 1. The third kappa shape index (κ3) is 5.09. The Kier molecular flexibility index (Phi) is 6.01. The molecule has 0 aliphatic heterocycles. The van der Waals surface area contributed by atoms with E-state index in [-0.39, 0.29) is 18.0 Å². The zero-order chi connectivity index (χ0) is 14.3. The number of rotatable bonds is 6. The first-order valence-electron chi connectivity index (χ1n) is 5.24. The van der Waals surface area contributed by atoms with E-state index in [1.807, 2.05) is 0 Å². The minimum atomic E-state index is -2.97. The molecule has 0 fully saturated rings. The van der Waals surface area contributed by atoms with Crippen molar-refractivity contribution in [1.29, 1.82) is 0 Å². The van der Waals surface area contributed by atoms with Gasteiger partial charge in [0.1, 0.15) is 0 Å². The van der Waals surface area contributed by atoms with Gasteiger partial charge in [0.25, 0.3) is 0 Å².